The number of nitrogens with zero attached hydrogens (tertiary/aromatic N) is 4. The number of pyridine rings is 1. The molecule has 156 valence electrons. The molecule has 0 saturated carbocycles. The number of carbonyl (C=O) groups is 2. The van der Waals surface area contributed by atoms with Gasteiger partial charge >= 0.3 is 0 Å². The molecule has 2 amide bonds. The Labute approximate surface area is 175 Å². The molecule has 0 spiro atoms. The first kappa shape index (κ1) is 20.0. The van der Waals surface area contributed by atoms with E-state index in [9.17, 15) is 9.59 Å². The van der Waals surface area contributed by atoms with E-state index in [0.717, 1.165) is 41.8 Å². The molecule has 1 saturated heterocycles. The molecule has 0 atom stereocenters. The van der Waals surface area contributed by atoms with Gasteiger partial charge in [0, 0.05) is 38.8 Å². The molecule has 8 heteroatoms. The number of carbonyl (C=O) groups excluding carboxylic acids is 2. The summed E-state index contributed by atoms with van der Waals surface area (Å²) in [6.45, 7) is 5.17. The predicted octanol–water partition coefficient (Wildman–Crippen LogP) is 1.50. The lowest BCUT2D eigenvalue weighted by Gasteiger charge is -2.26. The standard InChI is InChI=1S/C22H26N6O2/c1-15-20-17(22(30)24-9-6-11-28-12-10-23-19(29)14-28)13-18(16-7-4-3-5-8-16)25-21(20)27(2)26-15/h3-5,7-8,13H,6,9-12,14H2,1-2H3,(H,23,29)(H,24,30). The molecule has 30 heavy (non-hydrogen) atoms. The summed E-state index contributed by atoms with van der Waals surface area (Å²) in [6.07, 6.45) is 0.783. The van der Waals surface area contributed by atoms with Crippen molar-refractivity contribution in [3.63, 3.8) is 0 Å². The van der Waals surface area contributed by atoms with Gasteiger partial charge in [-0.05, 0) is 19.4 Å². The summed E-state index contributed by atoms with van der Waals surface area (Å²) >= 11 is 0. The highest BCUT2D eigenvalue weighted by Gasteiger charge is 2.19. The molecule has 0 radical (unpaired) electrons. The molecule has 2 aromatic heterocycles. The molecule has 8 nitrogen and oxygen atoms in total. The highest BCUT2D eigenvalue weighted by atomic mass is 16.2. The first-order chi connectivity index (χ1) is 14.5. The maximum absolute atomic E-state index is 13.1. The quantitative estimate of drug-likeness (QED) is 0.605. The van der Waals surface area contributed by atoms with Crippen LogP contribution in [0.2, 0.25) is 0 Å². The number of hydrogen-bond donors (Lipinski definition) is 2. The van der Waals surface area contributed by atoms with Crippen molar-refractivity contribution in [2.45, 2.75) is 13.3 Å². The van der Waals surface area contributed by atoms with E-state index in [1.807, 2.05) is 50.4 Å². The summed E-state index contributed by atoms with van der Waals surface area (Å²) in [5.74, 6) is -0.0722. The van der Waals surface area contributed by atoms with E-state index in [2.05, 4.69) is 20.6 Å². The van der Waals surface area contributed by atoms with Crippen LogP contribution in [0.4, 0.5) is 0 Å². The minimum Gasteiger partial charge on any atom is -0.354 e. The van der Waals surface area contributed by atoms with E-state index in [0.29, 0.717) is 30.8 Å². The number of fused-ring (bicyclic) bond motifs is 1. The average molecular weight is 406 g/mol. The minimum atomic E-state index is -0.132. The van der Waals surface area contributed by atoms with Gasteiger partial charge in [0.05, 0.1) is 28.9 Å². The van der Waals surface area contributed by atoms with Gasteiger partial charge in [-0.2, -0.15) is 5.10 Å². The Morgan fingerprint density at radius 2 is 2.07 bits per heavy atom. The number of aromatic nitrogens is 3. The first-order valence-electron chi connectivity index (χ1n) is 10.2. The zero-order valence-corrected chi connectivity index (χ0v) is 17.3. The van der Waals surface area contributed by atoms with Crippen molar-refractivity contribution in [1.29, 1.82) is 0 Å². The van der Waals surface area contributed by atoms with Crippen LogP contribution in [-0.4, -0.2) is 64.2 Å². The van der Waals surface area contributed by atoms with Gasteiger partial charge in [0.15, 0.2) is 5.65 Å². The van der Waals surface area contributed by atoms with Crippen LogP contribution < -0.4 is 10.6 Å². The Morgan fingerprint density at radius 3 is 2.83 bits per heavy atom. The lowest BCUT2D eigenvalue weighted by molar-refractivity contribution is -0.124. The molecule has 0 bridgehead atoms. The fourth-order valence-corrected chi connectivity index (χ4v) is 3.86. The molecule has 1 aliphatic heterocycles. The minimum absolute atomic E-state index is 0.0601. The van der Waals surface area contributed by atoms with Crippen LogP contribution in [0.1, 0.15) is 22.5 Å². The third-order valence-corrected chi connectivity index (χ3v) is 5.34. The van der Waals surface area contributed by atoms with Gasteiger partial charge < -0.3 is 10.6 Å². The second-order valence-electron chi connectivity index (χ2n) is 7.56. The summed E-state index contributed by atoms with van der Waals surface area (Å²) < 4.78 is 1.72. The lowest BCUT2D eigenvalue weighted by atomic mass is 10.0. The molecule has 0 aliphatic carbocycles. The number of benzene rings is 1. The second kappa shape index (κ2) is 8.62. The van der Waals surface area contributed by atoms with Gasteiger partial charge in [0.2, 0.25) is 5.91 Å². The maximum atomic E-state index is 13.1. The van der Waals surface area contributed by atoms with Crippen molar-refractivity contribution < 1.29 is 9.59 Å². The summed E-state index contributed by atoms with van der Waals surface area (Å²) in [5, 5.41) is 11.1. The lowest BCUT2D eigenvalue weighted by Crippen LogP contribution is -2.48. The van der Waals surface area contributed by atoms with Gasteiger partial charge in [-0.3, -0.25) is 19.2 Å². The van der Waals surface area contributed by atoms with Gasteiger partial charge in [0.1, 0.15) is 0 Å². The Morgan fingerprint density at radius 1 is 1.27 bits per heavy atom. The summed E-state index contributed by atoms with van der Waals surface area (Å²) in [6, 6.07) is 11.7. The highest BCUT2D eigenvalue weighted by Crippen LogP contribution is 2.26. The van der Waals surface area contributed by atoms with Gasteiger partial charge in [-0.15, -0.1) is 0 Å². The second-order valence-corrected chi connectivity index (χ2v) is 7.56. The SMILES string of the molecule is Cc1nn(C)c2nc(-c3ccccc3)cc(C(=O)NCCCN3CCNC(=O)C3)c12. The van der Waals surface area contributed by atoms with Crippen LogP contribution in [0.25, 0.3) is 22.3 Å². The van der Waals surface area contributed by atoms with Crippen LogP contribution >= 0.6 is 0 Å². The Kier molecular flexibility index (Phi) is 5.76. The molecular formula is C22H26N6O2. The molecule has 4 rings (SSSR count). The Hall–Kier alpha value is -3.26. The molecule has 3 heterocycles. The first-order valence-corrected chi connectivity index (χ1v) is 10.2. The van der Waals surface area contributed by atoms with Crippen molar-refractivity contribution in [2.24, 2.45) is 7.05 Å². The summed E-state index contributed by atoms with van der Waals surface area (Å²) in [7, 11) is 1.84. The van der Waals surface area contributed by atoms with Gasteiger partial charge in [-0.1, -0.05) is 30.3 Å². The zero-order valence-electron chi connectivity index (χ0n) is 17.3. The molecule has 3 aromatic rings. The predicted molar refractivity (Wildman–Crippen MR) is 115 cm³/mol. The monoisotopic (exact) mass is 406 g/mol. The van der Waals surface area contributed by atoms with Crippen LogP contribution in [0.15, 0.2) is 36.4 Å². The van der Waals surface area contributed by atoms with Crippen molar-refractivity contribution in [1.82, 2.24) is 30.3 Å². The molecular weight excluding hydrogens is 380 g/mol. The van der Waals surface area contributed by atoms with Gasteiger partial charge in [-0.25, -0.2) is 4.98 Å². The van der Waals surface area contributed by atoms with Crippen LogP contribution in [0.3, 0.4) is 0 Å². The van der Waals surface area contributed by atoms with Crippen LogP contribution in [-0.2, 0) is 11.8 Å². The van der Waals surface area contributed by atoms with E-state index in [1.165, 1.54) is 0 Å². The number of nitrogens with one attached hydrogen (secondary N) is 2. The topological polar surface area (TPSA) is 92.2 Å². The molecule has 0 unspecified atom stereocenters. The molecule has 2 N–H and O–H groups in total. The Balaban J connectivity index is 1.52. The normalized spacial score (nSPS) is 14.7. The Bertz CT molecular complexity index is 1080. The van der Waals surface area contributed by atoms with Crippen molar-refractivity contribution in [3.8, 4) is 11.3 Å². The fourth-order valence-electron chi connectivity index (χ4n) is 3.86. The van der Waals surface area contributed by atoms with Gasteiger partial charge in [0.25, 0.3) is 5.91 Å². The number of aryl methyl sites for hydroxylation is 2. The number of hydrogen-bond acceptors (Lipinski definition) is 5. The fraction of sp³-hybridized carbons (Fsp3) is 0.364. The van der Waals surface area contributed by atoms with Crippen LogP contribution in [0.5, 0.6) is 0 Å². The number of piperazine rings is 1. The summed E-state index contributed by atoms with van der Waals surface area (Å²) in [5.41, 5.74) is 3.76. The van der Waals surface area contributed by atoms with Crippen molar-refractivity contribution >= 4 is 22.8 Å². The highest BCUT2D eigenvalue weighted by molar-refractivity contribution is 6.07. The van der Waals surface area contributed by atoms with Crippen LogP contribution in [0, 0.1) is 6.92 Å². The summed E-state index contributed by atoms with van der Waals surface area (Å²) in [4.78, 5) is 31.4. The molecule has 1 fully saturated rings. The van der Waals surface area contributed by atoms with Crippen molar-refractivity contribution in [2.75, 3.05) is 32.7 Å². The smallest absolute Gasteiger partial charge is 0.252 e. The van der Waals surface area contributed by atoms with E-state index in [1.54, 1.807) is 4.68 Å². The van der Waals surface area contributed by atoms with E-state index >= 15 is 0 Å². The molecule has 1 aliphatic rings. The number of rotatable bonds is 6. The van der Waals surface area contributed by atoms with Crippen molar-refractivity contribution in [3.05, 3.63) is 47.7 Å². The third-order valence-electron chi connectivity index (χ3n) is 5.34. The van der Waals surface area contributed by atoms with E-state index < -0.39 is 0 Å². The zero-order chi connectivity index (χ0) is 21.1. The third kappa shape index (κ3) is 4.18. The maximum Gasteiger partial charge on any atom is 0.252 e. The van der Waals surface area contributed by atoms with E-state index in [-0.39, 0.29) is 11.8 Å². The number of amides is 2. The average Bonchev–Trinajstić information content (AvgIpc) is 3.05. The largest absolute Gasteiger partial charge is 0.354 e. The van der Waals surface area contributed by atoms with E-state index in [4.69, 9.17) is 4.98 Å². The molecule has 1 aromatic carbocycles.